The number of alkyl halides is 3. The van der Waals surface area contributed by atoms with Crippen molar-refractivity contribution in [3.63, 3.8) is 0 Å². The highest BCUT2D eigenvalue weighted by atomic mass is 19.4. The van der Waals surface area contributed by atoms with Crippen molar-refractivity contribution < 1.29 is 27.6 Å². The molecule has 0 atom stereocenters. The molecule has 2 rings (SSSR count). The molecule has 0 saturated heterocycles. The van der Waals surface area contributed by atoms with Gasteiger partial charge < -0.3 is 10.5 Å². The SMILES string of the molecule is COc1nc(-c2ccccc2C(F)(F)F)cc(C(N)=O)c1[N+](=O)[O-]. The molecular weight excluding hydrogens is 331 g/mol. The number of nitrogens with zero attached hydrogens (tertiary/aromatic N) is 2. The molecule has 0 radical (unpaired) electrons. The molecule has 0 saturated carbocycles. The second-order valence-electron chi connectivity index (χ2n) is 4.58. The van der Waals surface area contributed by atoms with Crippen molar-refractivity contribution >= 4 is 11.6 Å². The Labute approximate surface area is 133 Å². The van der Waals surface area contributed by atoms with E-state index in [2.05, 4.69) is 4.98 Å². The molecule has 0 unspecified atom stereocenters. The number of aromatic nitrogens is 1. The Hall–Kier alpha value is -3.17. The van der Waals surface area contributed by atoms with Crippen LogP contribution in [-0.4, -0.2) is 22.9 Å². The van der Waals surface area contributed by atoms with E-state index in [1.165, 1.54) is 12.1 Å². The van der Waals surface area contributed by atoms with E-state index in [4.69, 9.17) is 10.5 Å². The number of methoxy groups -OCH3 is 1. The molecule has 1 heterocycles. The molecule has 1 aromatic carbocycles. The van der Waals surface area contributed by atoms with Gasteiger partial charge in [-0.3, -0.25) is 14.9 Å². The zero-order valence-corrected chi connectivity index (χ0v) is 12.1. The van der Waals surface area contributed by atoms with Crippen molar-refractivity contribution in [1.82, 2.24) is 4.98 Å². The lowest BCUT2D eigenvalue weighted by Gasteiger charge is -2.13. The average Bonchev–Trinajstić information content (AvgIpc) is 2.52. The van der Waals surface area contributed by atoms with Crippen LogP contribution in [0, 0.1) is 10.1 Å². The monoisotopic (exact) mass is 341 g/mol. The fourth-order valence-electron chi connectivity index (χ4n) is 2.11. The van der Waals surface area contributed by atoms with Crippen LogP contribution >= 0.6 is 0 Å². The minimum Gasteiger partial charge on any atom is -0.476 e. The largest absolute Gasteiger partial charge is 0.476 e. The van der Waals surface area contributed by atoms with Crippen LogP contribution in [0.15, 0.2) is 30.3 Å². The third kappa shape index (κ3) is 3.12. The van der Waals surface area contributed by atoms with Crippen LogP contribution < -0.4 is 10.5 Å². The molecule has 1 amide bonds. The van der Waals surface area contributed by atoms with E-state index in [-0.39, 0.29) is 11.3 Å². The predicted molar refractivity (Wildman–Crippen MR) is 76.4 cm³/mol. The number of carbonyl (C=O) groups excluding carboxylic acids is 1. The summed E-state index contributed by atoms with van der Waals surface area (Å²) in [5, 5.41) is 11.1. The highest BCUT2D eigenvalue weighted by Gasteiger charge is 2.35. The molecule has 1 aromatic heterocycles. The van der Waals surface area contributed by atoms with E-state index >= 15 is 0 Å². The van der Waals surface area contributed by atoms with Crippen molar-refractivity contribution in [3.8, 4) is 17.1 Å². The standard InChI is InChI=1S/C14H10F3N3O4/c1-24-13-11(20(22)23)8(12(18)21)6-10(19-13)7-4-2-3-5-9(7)14(15,16)17/h2-6H,1H3,(H2,18,21). The molecule has 0 spiro atoms. The van der Waals surface area contributed by atoms with Crippen LogP contribution in [0.1, 0.15) is 15.9 Å². The Morgan fingerprint density at radius 3 is 2.46 bits per heavy atom. The Morgan fingerprint density at radius 1 is 1.33 bits per heavy atom. The van der Waals surface area contributed by atoms with Gasteiger partial charge in [-0.15, -0.1) is 0 Å². The molecule has 0 aliphatic heterocycles. The van der Waals surface area contributed by atoms with Crippen molar-refractivity contribution in [3.05, 3.63) is 51.6 Å². The van der Waals surface area contributed by atoms with Crippen LogP contribution in [0.5, 0.6) is 5.88 Å². The summed E-state index contributed by atoms with van der Waals surface area (Å²) < 4.78 is 44.1. The number of benzene rings is 1. The smallest absolute Gasteiger partial charge is 0.417 e. The van der Waals surface area contributed by atoms with Crippen LogP contribution in [-0.2, 0) is 6.18 Å². The molecular formula is C14H10F3N3O4. The molecule has 2 aromatic rings. The number of pyridine rings is 1. The van der Waals surface area contributed by atoms with E-state index < -0.39 is 39.7 Å². The second kappa shape index (κ2) is 6.14. The van der Waals surface area contributed by atoms with Gasteiger partial charge in [-0.2, -0.15) is 13.2 Å². The zero-order chi connectivity index (χ0) is 18.1. The summed E-state index contributed by atoms with van der Waals surface area (Å²) in [5.74, 6) is -1.79. The Morgan fingerprint density at radius 2 is 1.96 bits per heavy atom. The maximum Gasteiger partial charge on any atom is 0.417 e. The van der Waals surface area contributed by atoms with E-state index in [0.29, 0.717) is 0 Å². The van der Waals surface area contributed by atoms with Gasteiger partial charge in [-0.05, 0) is 12.1 Å². The number of nitrogens with two attached hydrogens (primary N) is 1. The van der Waals surface area contributed by atoms with Crippen LogP contribution in [0.25, 0.3) is 11.3 Å². The molecule has 2 N–H and O–H groups in total. The van der Waals surface area contributed by atoms with Gasteiger partial charge in [-0.25, -0.2) is 4.98 Å². The van der Waals surface area contributed by atoms with Gasteiger partial charge in [-0.1, -0.05) is 18.2 Å². The molecule has 0 aliphatic rings. The molecule has 10 heteroatoms. The van der Waals surface area contributed by atoms with Crippen LogP contribution in [0.3, 0.4) is 0 Å². The first-order valence-corrected chi connectivity index (χ1v) is 6.36. The summed E-state index contributed by atoms with van der Waals surface area (Å²) in [6, 6.07) is 5.32. The lowest BCUT2D eigenvalue weighted by molar-refractivity contribution is -0.386. The molecule has 24 heavy (non-hydrogen) atoms. The van der Waals surface area contributed by atoms with Gasteiger partial charge in [0.05, 0.1) is 23.3 Å². The van der Waals surface area contributed by atoms with Gasteiger partial charge in [0.2, 0.25) is 0 Å². The number of nitro groups is 1. The number of rotatable bonds is 4. The van der Waals surface area contributed by atoms with Gasteiger partial charge in [0.25, 0.3) is 11.8 Å². The lowest BCUT2D eigenvalue weighted by Crippen LogP contribution is -2.15. The second-order valence-corrected chi connectivity index (χ2v) is 4.58. The molecule has 7 nitrogen and oxygen atoms in total. The first kappa shape index (κ1) is 17.2. The van der Waals surface area contributed by atoms with Crippen molar-refractivity contribution in [1.29, 1.82) is 0 Å². The summed E-state index contributed by atoms with van der Waals surface area (Å²) in [4.78, 5) is 25.3. The van der Waals surface area contributed by atoms with Gasteiger partial charge >= 0.3 is 11.9 Å². The summed E-state index contributed by atoms with van der Waals surface area (Å²) in [6.45, 7) is 0. The van der Waals surface area contributed by atoms with Gasteiger partial charge in [0, 0.05) is 5.56 Å². The number of ether oxygens (including phenoxy) is 1. The van der Waals surface area contributed by atoms with Crippen molar-refractivity contribution in [2.45, 2.75) is 6.18 Å². The van der Waals surface area contributed by atoms with Crippen molar-refractivity contribution in [2.24, 2.45) is 5.73 Å². The topological polar surface area (TPSA) is 108 Å². The third-order valence-electron chi connectivity index (χ3n) is 3.11. The van der Waals surface area contributed by atoms with Gasteiger partial charge in [0.1, 0.15) is 5.56 Å². The molecule has 0 bridgehead atoms. The fraction of sp³-hybridized carbons (Fsp3) is 0.143. The first-order chi connectivity index (χ1) is 11.2. The maximum atomic E-state index is 13.1. The number of carbonyl (C=O) groups is 1. The van der Waals surface area contributed by atoms with Crippen molar-refractivity contribution in [2.75, 3.05) is 7.11 Å². The maximum absolute atomic E-state index is 13.1. The normalized spacial score (nSPS) is 11.2. The number of hydrogen-bond donors (Lipinski definition) is 1. The lowest BCUT2D eigenvalue weighted by atomic mass is 10.0. The number of primary amides is 1. The molecule has 126 valence electrons. The Bertz CT molecular complexity index is 821. The highest BCUT2D eigenvalue weighted by molar-refractivity contribution is 5.99. The first-order valence-electron chi connectivity index (χ1n) is 6.36. The molecule has 0 aliphatic carbocycles. The quantitative estimate of drug-likeness (QED) is 0.679. The zero-order valence-electron chi connectivity index (χ0n) is 12.1. The predicted octanol–water partition coefficient (Wildman–Crippen LogP) is 2.78. The minimum absolute atomic E-state index is 0.320. The third-order valence-corrected chi connectivity index (χ3v) is 3.11. The van der Waals surface area contributed by atoms with E-state index in [0.717, 1.165) is 25.3 Å². The fourth-order valence-corrected chi connectivity index (χ4v) is 2.11. The Balaban J connectivity index is 2.81. The Kier molecular flexibility index (Phi) is 4.40. The van der Waals surface area contributed by atoms with E-state index in [9.17, 15) is 28.1 Å². The minimum atomic E-state index is -4.68. The van der Waals surface area contributed by atoms with Crippen LogP contribution in [0.2, 0.25) is 0 Å². The summed E-state index contributed by atoms with van der Waals surface area (Å²) in [6.07, 6.45) is -4.68. The van der Waals surface area contributed by atoms with Crippen LogP contribution in [0.4, 0.5) is 18.9 Å². The summed E-state index contributed by atoms with van der Waals surface area (Å²) in [7, 11) is 1.04. The number of amides is 1. The highest BCUT2D eigenvalue weighted by Crippen LogP contribution is 2.39. The van der Waals surface area contributed by atoms with Gasteiger partial charge in [0.15, 0.2) is 0 Å². The summed E-state index contributed by atoms with van der Waals surface area (Å²) in [5.41, 5.74) is 2.00. The number of halogens is 3. The van der Waals surface area contributed by atoms with E-state index in [1.807, 2.05) is 0 Å². The number of hydrogen-bond acceptors (Lipinski definition) is 5. The molecule has 0 fully saturated rings. The summed E-state index contributed by atoms with van der Waals surface area (Å²) >= 11 is 0. The van der Waals surface area contributed by atoms with E-state index in [1.54, 1.807) is 0 Å². The average molecular weight is 341 g/mol.